The number of aryl methyl sites for hydroxylation is 1. The fourth-order valence-corrected chi connectivity index (χ4v) is 2.17. The number of hydrogen-bond donors (Lipinski definition) is 0. The van der Waals surface area contributed by atoms with Gasteiger partial charge in [0.2, 0.25) is 0 Å². The van der Waals surface area contributed by atoms with Crippen LogP contribution < -0.4 is 0 Å². The molecule has 2 heterocycles. The van der Waals surface area contributed by atoms with E-state index in [4.69, 9.17) is 0 Å². The lowest BCUT2D eigenvalue weighted by molar-refractivity contribution is 0.628. The van der Waals surface area contributed by atoms with Crippen LogP contribution in [0.25, 0.3) is 16.8 Å². The van der Waals surface area contributed by atoms with Gasteiger partial charge in [-0.3, -0.25) is 0 Å². The zero-order valence-corrected chi connectivity index (χ0v) is 9.52. The third-order valence-electron chi connectivity index (χ3n) is 3.02. The lowest BCUT2D eigenvalue weighted by Crippen LogP contribution is -1.86. The average molecular weight is 225 g/mol. The molecule has 84 valence electrons. The summed E-state index contributed by atoms with van der Waals surface area (Å²) in [4.78, 5) is 0. The van der Waals surface area contributed by atoms with Gasteiger partial charge in [-0.15, -0.1) is 0 Å². The summed E-state index contributed by atoms with van der Waals surface area (Å²) < 4.78 is 15.0. The molecule has 0 aliphatic rings. The molecule has 0 aliphatic carbocycles. The van der Waals surface area contributed by atoms with E-state index in [1.807, 2.05) is 30.5 Å². The molecule has 1 aromatic carbocycles. The summed E-state index contributed by atoms with van der Waals surface area (Å²) in [5.74, 6) is -0.202. The SMILES string of the molecule is Cc1cc(-c2ccc(F)cc2)n2ccccc12. The lowest BCUT2D eigenvalue weighted by atomic mass is 10.1. The summed E-state index contributed by atoms with van der Waals surface area (Å²) in [6.07, 6.45) is 2.03. The molecule has 0 radical (unpaired) electrons. The zero-order chi connectivity index (χ0) is 11.8. The number of aromatic nitrogens is 1. The largest absolute Gasteiger partial charge is 0.316 e. The van der Waals surface area contributed by atoms with Crippen LogP contribution in [0.2, 0.25) is 0 Å². The van der Waals surface area contributed by atoms with E-state index in [0.29, 0.717) is 0 Å². The topological polar surface area (TPSA) is 4.41 Å². The van der Waals surface area contributed by atoms with Crippen LogP contribution in [0.1, 0.15) is 5.56 Å². The van der Waals surface area contributed by atoms with Crippen LogP contribution in [0.5, 0.6) is 0 Å². The molecule has 0 fully saturated rings. The van der Waals surface area contributed by atoms with Gasteiger partial charge in [0.05, 0.1) is 5.69 Å². The number of pyridine rings is 1. The second kappa shape index (κ2) is 3.74. The minimum Gasteiger partial charge on any atom is -0.316 e. The predicted octanol–water partition coefficient (Wildman–Crippen LogP) is 4.05. The summed E-state index contributed by atoms with van der Waals surface area (Å²) in [5.41, 5.74) is 4.54. The van der Waals surface area contributed by atoms with Gasteiger partial charge in [0.25, 0.3) is 0 Å². The number of hydrogen-bond acceptors (Lipinski definition) is 0. The Morgan fingerprint density at radius 1 is 1.00 bits per heavy atom. The molecule has 0 saturated carbocycles. The maximum absolute atomic E-state index is 12.9. The van der Waals surface area contributed by atoms with Gasteiger partial charge in [0.15, 0.2) is 0 Å². The van der Waals surface area contributed by atoms with Crippen LogP contribution in [-0.4, -0.2) is 4.40 Å². The summed E-state index contributed by atoms with van der Waals surface area (Å²) in [7, 11) is 0. The van der Waals surface area contributed by atoms with Crippen LogP contribution in [0, 0.1) is 12.7 Å². The van der Waals surface area contributed by atoms with E-state index >= 15 is 0 Å². The van der Waals surface area contributed by atoms with Crippen molar-refractivity contribution in [2.75, 3.05) is 0 Å². The lowest BCUT2D eigenvalue weighted by Gasteiger charge is -2.02. The molecule has 1 nitrogen and oxygen atoms in total. The van der Waals surface area contributed by atoms with E-state index in [9.17, 15) is 4.39 Å². The van der Waals surface area contributed by atoms with Crippen molar-refractivity contribution in [3.8, 4) is 11.3 Å². The van der Waals surface area contributed by atoms with Crippen molar-refractivity contribution < 1.29 is 4.39 Å². The molecule has 0 unspecified atom stereocenters. The Morgan fingerprint density at radius 3 is 2.53 bits per heavy atom. The monoisotopic (exact) mass is 225 g/mol. The summed E-state index contributed by atoms with van der Waals surface area (Å²) in [6, 6.07) is 14.8. The van der Waals surface area contributed by atoms with Crippen LogP contribution in [0.15, 0.2) is 54.7 Å². The van der Waals surface area contributed by atoms with Crippen molar-refractivity contribution in [3.05, 3.63) is 66.1 Å². The molecule has 0 bridgehead atoms. The Hall–Kier alpha value is -2.09. The smallest absolute Gasteiger partial charge is 0.123 e. The Bertz CT molecular complexity index is 665. The number of fused-ring (bicyclic) bond motifs is 1. The fourth-order valence-electron chi connectivity index (χ4n) is 2.17. The quantitative estimate of drug-likeness (QED) is 0.588. The van der Waals surface area contributed by atoms with Crippen molar-refractivity contribution in [2.45, 2.75) is 6.92 Å². The van der Waals surface area contributed by atoms with E-state index in [-0.39, 0.29) is 5.82 Å². The molecular formula is C15H12FN. The summed E-state index contributed by atoms with van der Waals surface area (Å²) in [6.45, 7) is 2.09. The second-order valence-corrected chi connectivity index (χ2v) is 4.18. The van der Waals surface area contributed by atoms with Gasteiger partial charge >= 0.3 is 0 Å². The molecule has 0 N–H and O–H groups in total. The van der Waals surface area contributed by atoms with Crippen LogP contribution in [-0.2, 0) is 0 Å². The minimum absolute atomic E-state index is 0.202. The number of benzene rings is 1. The first-order chi connectivity index (χ1) is 8.25. The molecule has 2 heteroatoms. The maximum atomic E-state index is 12.9. The average Bonchev–Trinajstić information content (AvgIpc) is 2.69. The number of halogens is 1. The Labute approximate surface area is 99.1 Å². The molecule has 3 aromatic rings. The maximum Gasteiger partial charge on any atom is 0.123 e. The van der Waals surface area contributed by atoms with E-state index in [2.05, 4.69) is 23.5 Å². The van der Waals surface area contributed by atoms with E-state index in [0.717, 1.165) is 11.3 Å². The molecule has 0 amide bonds. The normalized spacial score (nSPS) is 10.9. The third kappa shape index (κ3) is 1.62. The highest BCUT2D eigenvalue weighted by molar-refractivity contribution is 5.70. The van der Waals surface area contributed by atoms with Gasteiger partial charge in [-0.1, -0.05) is 6.07 Å². The van der Waals surface area contributed by atoms with Gasteiger partial charge < -0.3 is 4.40 Å². The van der Waals surface area contributed by atoms with Gasteiger partial charge in [-0.05, 0) is 60.5 Å². The van der Waals surface area contributed by atoms with Crippen LogP contribution in [0.4, 0.5) is 4.39 Å². The summed E-state index contributed by atoms with van der Waals surface area (Å²) in [5, 5.41) is 0. The molecule has 17 heavy (non-hydrogen) atoms. The predicted molar refractivity (Wildman–Crippen MR) is 67.5 cm³/mol. The van der Waals surface area contributed by atoms with Gasteiger partial charge in [0.1, 0.15) is 5.82 Å². The van der Waals surface area contributed by atoms with Crippen molar-refractivity contribution >= 4 is 5.52 Å². The minimum atomic E-state index is -0.202. The molecule has 0 saturated heterocycles. The number of rotatable bonds is 1. The van der Waals surface area contributed by atoms with E-state index in [1.165, 1.54) is 23.2 Å². The van der Waals surface area contributed by atoms with Crippen LogP contribution in [0.3, 0.4) is 0 Å². The van der Waals surface area contributed by atoms with Gasteiger partial charge in [0, 0.05) is 11.7 Å². The first-order valence-corrected chi connectivity index (χ1v) is 5.58. The Balaban J connectivity index is 2.27. The molecule has 0 aliphatic heterocycles. The number of nitrogens with zero attached hydrogens (tertiary/aromatic N) is 1. The van der Waals surface area contributed by atoms with Crippen LogP contribution >= 0.6 is 0 Å². The molecule has 0 atom stereocenters. The second-order valence-electron chi connectivity index (χ2n) is 4.18. The van der Waals surface area contributed by atoms with Gasteiger partial charge in [-0.25, -0.2) is 4.39 Å². The zero-order valence-electron chi connectivity index (χ0n) is 9.52. The first kappa shape index (κ1) is 10.1. The van der Waals surface area contributed by atoms with E-state index in [1.54, 1.807) is 0 Å². The summed E-state index contributed by atoms with van der Waals surface area (Å²) >= 11 is 0. The highest BCUT2D eigenvalue weighted by atomic mass is 19.1. The highest BCUT2D eigenvalue weighted by Crippen LogP contribution is 2.25. The highest BCUT2D eigenvalue weighted by Gasteiger charge is 2.06. The molecular weight excluding hydrogens is 213 g/mol. The van der Waals surface area contributed by atoms with Crippen molar-refractivity contribution in [3.63, 3.8) is 0 Å². The standard InChI is InChI=1S/C15H12FN/c1-11-10-15(12-5-7-13(16)8-6-12)17-9-3-2-4-14(11)17/h2-10H,1H3. The molecule has 3 rings (SSSR count). The molecule has 0 spiro atoms. The first-order valence-electron chi connectivity index (χ1n) is 5.58. The fraction of sp³-hybridized carbons (Fsp3) is 0.0667. The van der Waals surface area contributed by atoms with Crippen molar-refractivity contribution in [2.24, 2.45) is 0 Å². The van der Waals surface area contributed by atoms with Crippen molar-refractivity contribution in [1.82, 2.24) is 4.40 Å². The third-order valence-corrected chi connectivity index (χ3v) is 3.02. The molecule has 2 aromatic heterocycles. The Morgan fingerprint density at radius 2 is 1.76 bits per heavy atom. The Kier molecular flexibility index (Phi) is 2.22. The van der Waals surface area contributed by atoms with Crippen molar-refractivity contribution in [1.29, 1.82) is 0 Å². The van der Waals surface area contributed by atoms with E-state index < -0.39 is 0 Å². The van der Waals surface area contributed by atoms with Gasteiger partial charge in [-0.2, -0.15) is 0 Å².